The van der Waals surface area contributed by atoms with E-state index in [1.54, 1.807) is 0 Å². The molecular weight excluding hydrogens is 164 g/mol. The van der Waals surface area contributed by atoms with E-state index in [2.05, 4.69) is 13.8 Å². The summed E-state index contributed by atoms with van der Waals surface area (Å²) in [6.07, 6.45) is 3.82. The van der Waals surface area contributed by atoms with E-state index in [1.165, 1.54) is 0 Å². The lowest BCUT2D eigenvalue weighted by Crippen LogP contribution is -2.12. The van der Waals surface area contributed by atoms with E-state index in [4.69, 9.17) is 4.74 Å². The number of hydrogen-bond acceptors (Lipinski definition) is 2. The van der Waals surface area contributed by atoms with Crippen molar-refractivity contribution in [3.05, 3.63) is 0 Å². The molecule has 0 aliphatic heterocycles. The summed E-state index contributed by atoms with van der Waals surface area (Å²) in [5.74, 6) is 0.641. The molecule has 2 atom stereocenters. The number of hydrogen-bond donors (Lipinski definition) is 1. The average molecular weight is 188 g/mol. The molecule has 0 aliphatic carbocycles. The highest BCUT2D eigenvalue weighted by Crippen LogP contribution is 2.12. The van der Waals surface area contributed by atoms with Crippen molar-refractivity contribution in [2.75, 3.05) is 13.2 Å². The van der Waals surface area contributed by atoms with Gasteiger partial charge >= 0.3 is 0 Å². The second-order valence-corrected chi connectivity index (χ2v) is 3.74. The first-order valence-corrected chi connectivity index (χ1v) is 5.46. The van der Waals surface area contributed by atoms with Crippen LogP contribution in [0.3, 0.4) is 0 Å². The molecule has 13 heavy (non-hydrogen) atoms. The maximum absolute atomic E-state index is 9.59. The molecule has 2 nitrogen and oxygen atoms in total. The van der Waals surface area contributed by atoms with Crippen molar-refractivity contribution in [3.8, 4) is 0 Å². The third kappa shape index (κ3) is 8.26. The van der Waals surface area contributed by atoms with Crippen LogP contribution in [0.15, 0.2) is 0 Å². The van der Waals surface area contributed by atoms with Crippen LogP contribution in [-0.4, -0.2) is 24.4 Å². The first-order valence-electron chi connectivity index (χ1n) is 5.46. The third-order valence-electron chi connectivity index (χ3n) is 2.40. The molecule has 0 spiro atoms. The second-order valence-electron chi connectivity index (χ2n) is 3.74. The zero-order chi connectivity index (χ0) is 10.1. The summed E-state index contributed by atoms with van der Waals surface area (Å²) < 4.78 is 5.20. The third-order valence-corrected chi connectivity index (χ3v) is 2.40. The van der Waals surface area contributed by atoms with E-state index >= 15 is 0 Å². The van der Waals surface area contributed by atoms with Gasteiger partial charge in [0.2, 0.25) is 0 Å². The molecule has 0 saturated heterocycles. The standard InChI is InChI=1S/C11H24O2/c1-4-10(3)9-11(12)7-6-8-13-5-2/h10-12H,4-9H2,1-3H3. The minimum atomic E-state index is -0.129. The molecule has 0 amide bonds. The van der Waals surface area contributed by atoms with Crippen LogP contribution in [0.5, 0.6) is 0 Å². The predicted octanol–water partition coefficient (Wildman–Crippen LogP) is 2.60. The molecule has 0 radical (unpaired) electrons. The van der Waals surface area contributed by atoms with Gasteiger partial charge in [0, 0.05) is 13.2 Å². The lowest BCUT2D eigenvalue weighted by molar-refractivity contribution is 0.101. The van der Waals surface area contributed by atoms with Crippen molar-refractivity contribution in [1.29, 1.82) is 0 Å². The molecule has 0 aromatic rings. The number of aliphatic hydroxyl groups excluding tert-OH is 1. The van der Waals surface area contributed by atoms with Crippen LogP contribution in [0.1, 0.15) is 46.5 Å². The topological polar surface area (TPSA) is 29.5 Å². The summed E-state index contributed by atoms with van der Waals surface area (Å²) in [4.78, 5) is 0. The summed E-state index contributed by atoms with van der Waals surface area (Å²) in [6, 6.07) is 0. The van der Waals surface area contributed by atoms with E-state index in [0.717, 1.165) is 38.9 Å². The van der Waals surface area contributed by atoms with Crippen LogP contribution >= 0.6 is 0 Å². The number of aliphatic hydroxyl groups is 1. The lowest BCUT2D eigenvalue weighted by atomic mass is 9.99. The number of rotatable bonds is 8. The molecule has 0 aliphatic rings. The first-order chi connectivity index (χ1) is 6.20. The van der Waals surface area contributed by atoms with E-state index in [9.17, 15) is 5.11 Å². The molecule has 0 aromatic heterocycles. The lowest BCUT2D eigenvalue weighted by Gasteiger charge is -2.14. The van der Waals surface area contributed by atoms with Gasteiger partial charge in [-0.3, -0.25) is 0 Å². The summed E-state index contributed by atoms with van der Waals surface area (Å²) in [5.41, 5.74) is 0. The van der Waals surface area contributed by atoms with Gasteiger partial charge < -0.3 is 9.84 Å². The molecule has 0 rings (SSSR count). The fourth-order valence-electron chi connectivity index (χ4n) is 1.31. The van der Waals surface area contributed by atoms with Crippen molar-refractivity contribution in [3.63, 3.8) is 0 Å². The first kappa shape index (κ1) is 12.9. The van der Waals surface area contributed by atoms with Crippen LogP contribution in [0, 0.1) is 5.92 Å². The minimum Gasteiger partial charge on any atom is -0.393 e. The van der Waals surface area contributed by atoms with Gasteiger partial charge in [-0.2, -0.15) is 0 Å². The zero-order valence-electron chi connectivity index (χ0n) is 9.25. The Morgan fingerprint density at radius 3 is 2.54 bits per heavy atom. The Kier molecular flexibility index (Phi) is 8.46. The molecular formula is C11H24O2. The second kappa shape index (κ2) is 8.52. The molecule has 80 valence electrons. The Labute approximate surface area is 82.3 Å². The van der Waals surface area contributed by atoms with E-state index in [0.29, 0.717) is 5.92 Å². The van der Waals surface area contributed by atoms with Crippen molar-refractivity contribution in [1.82, 2.24) is 0 Å². The van der Waals surface area contributed by atoms with Gasteiger partial charge in [0.05, 0.1) is 6.10 Å². The minimum absolute atomic E-state index is 0.129. The maximum Gasteiger partial charge on any atom is 0.0543 e. The van der Waals surface area contributed by atoms with Crippen molar-refractivity contribution >= 4 is 0 Å². The summed E-state index contributed by atoms with van der Waals surface area (Å²) in [6.45, 7) is 7.91. The molecule has 0 bridgehead atoms. The van der Waals surface area contributed by atoms with Gasteiger partial charge in [0.15, 0.2) is 0 Å². The number of ether oxygens (including phenoxy) is 1. The monoisotopic (exact) mass is 188 g/mol. The van der Waals surface area contributed by atoms with Gasteiger partial charge in [-0.05, 0) is 32.1 Å². The van der Waals surface area contributed by atoms with E-state index in [-0.39, 0.29) is 6.10 Å². The maximum atomic E-state index is 9.59. The highest BCUT2D eigenvalue weighted by molar-refractivity contribution is 4.60. The quantitative estimate of drug-likeness (QED) is 0.593. The molecule has 2 heteroatoms. The van der Waals surface area contributed by atoms with Gasteiger partial charge in [0.25, 0.3) is 0 Å². The Hall–Kier alpha value is -0.0800. The zero-order valence-corrected chi connectivity index (χ0v) is 9.25. The van der Waals surface area contributed by atoms with Gasteiger partial charge in [0.1, 0.15) is 0 Å². The normalized spacial score (nSPS) is 15.7. The highest BCUT2D eigenvalue weighted by atomic mass is 16.5. The van der Waals surface area contributed by atoms with Crippen LogP contribution < -0.4 is 0 Å². The Balaban J connectivity index is 3.24. The van der Waals surface area contributed by atoms with Gasteiger partial charge in [-0.1, -0.05) is 20.3 Å². The molecule has 2 unspecified atom stereocenters. The molecule has 0 saturated carbocycles. The van der Waals surface area contributed by atoms with Crippen LogP contribution in [0.4, 0.5) is 0 Å². The molecule has 0 aromatic carbocycles. The molecule has 1 N–H and O–H groups in total. The van der Waals surface area contributed by atoms with Crippen LogP contribution in [0.2, 0.25) is 0 Å². The van der Waals surface area contributed by atoms with Gasteiger partial charge in [-0.15, -0.1) is 0 Å². The van der Waals surface area contributed by atoms with Crippen molar-refractivity contribution < 1.29 is 9.84 Å². The van der Waals surface area contributed by atoms with Crippen LogP contribution in [0.25, 0.3) is 0 Å². The SMILES string of the molecule is CCOCCCC(O)CC(C)CC. The van der Waals surface area contributed by atoms with Crippen molar-refractivity contribution in [2.24, 2.45) is 5.92 Å². The van der Waals surface area contributed by atoms with Crippen LogP contribution in [-0.2, 0) is 4.74 Å². The van der Waals surface area contributed by atoms with E-state index < -0.39 is 0 Å². The summed E-state index contributed by atoms with van der Waals surface area (Å²) in [5, 5.41) is 9.59. The Bertz CT molecular complexity index is 104. The fraction of sp³-hybridized carbons (Fsp3) is 1.00. The van der Waals surface area contributed by atoms with Crippen molar-refractivity contribution in [2.45, 2.75) is 52.6 Å². The highest BCUT2D eigenvalue weighted by Gasteiger charge is 2.07. The van der Waals surface area contributed by atoms with Gasteiger partial charge in [-0.25, -0.2) is 0 Å². The largest absolute Gasteiger partial charge is 0.393 e. The average Bonchev–Trinajstić information content (AvgIpc) is 2.12. The predicted molar refractivity (Wildman–Crippen MR) is 55.8 cm³/mol. The molecule has 0 heterocycles. The summed E-state index contributed by atoms with van der Waals surface area (Å²) >= 11 is 0. The fourth-order valence-corrected chi connectivity index (χ4v) is 1.31. The summed E-state index contributed by atoms with van der Waals surface area (Å²) in [7, 11) is 0. The smallest absolute Gasteiger partial charge is 0.0543 e. The Morgan fingerprint density at radius 2 is 2.00 bits per heavy atom. The molecule has 0 fully saturated rings. The Morgan fingerprint density at radius 1 is 1.31 bits per heavy atom. The van der Waals surface area contributed by atoms with E-state index in [1.807, 2.05) is 6.92 Å².